The molecule has 0 spiro atoms. The van der Waals surface area contributed by atoms with Crippen molar-refractivity contribution in [3.63, 3.8) is 0 Å². The second kappa shape index (κ2) is 5.85. The molecule has 0 saturated heterocycles. The normalized spacial score (nSPS) is 14.4. The van der Waals surface area contributed by atoms with Gasteiger partial charge in [0.25, 0.3) is 0 Å². The molecule has 0 atom stereocenters. The molecule has 0 fully saturated rings. The first-order chi connectivity index (χ1) is 11.6. The van der Waals surface area contributed by atoms with Crippen molar-refractivity contribution in [3.8, 4) is 0 Å². The summed E-state index contributed by atoms with van der Waals surface area (Å²) in [5, 5.41) is 13.7. The third-order valence-electron chi connectivity index (χ3n) is 4.36. The van der Waals surface area contributed by atoms with Crippen molar-refractivity contribution in [1.29, 1.82) is 0 Å². The second-order valence-corrected chi connectivity index (χ2v) is 6.06. The van der Waals surface area contributed by atoms with E-state index in [1.807, 2.05) is 10.9 Å². The van der Waals surface area contributed by atoms with Crippen LogP contribution in [-0.2, 0) is 26.2 Å². The highest BCUT2D eigenvalue weighted by Gasteiger charge is 2.23. The Morgan fingerprint density at radius 1 is 1.29 bits per heavy atom. The van der Waals surface area contributed by atoms with E-state index < -0.39 is 5.82 Å². The van der Waals surface area contributed by atoms with E-state index in [1.54, 1.807) is 6.07 Å². The van der Waals surface area contributed by atoms with Crippen LogP contribution in [0.4, 0.5) is 4.39 Å². The zero-order valence-corrected chi connectivity index (χ0v) is 13.0. The van der Waals surface area contributed by atoms with Gasteiger partial charge in [0.2, 0.25) is 0 Å². The van der Waals surface area contributed by atoms with E-state index in [1.165, 1.54) is 18.2 Å². The summed E-state index contributed by atoms with van der Waals surface area (Å²) in [5.41, 5.74) is 3.51. The van der Waals surface area contributed by atoms with Crippen LogP contribution >= 0.6 is 0 Å². The molecule has 4 rings (SSSR count). The number of fused-ring (bicyclic) bond motifs is 2. The lowest BCUT2D eigenvalue weighted by atomic mass is 10.2. The molecule has 7 heteroatoms. The number of rotatable bonds is 4. The van der Waals surface area contributed by atoms with Crippen LogP contribution in [0.25, 0.3) is 10.9 Å². The number of aromatic nitrogens is 3. The molecule has 24 heavy (non-hydrogen) atoms. The zero-order chi connectivity index (χ0) is 16.7. The lowest BCUT2D eigenvalue weighted by Gasteiger charge is -2.16. The maximum Gasteiger partial charge on any atom is 0.189 e. The minimum Gasteiger partial charge on any atom is -0.394 e. The van der Waals surface area contributed by atoms with Gasteiger partial charge < -0.3 is 10.1 Å². The van der Waals surface area contributed by atoms with Gasteiger partial charge in [-0.15, -0.1) is 0 Å². The average Bonchev–Trinajstić information content (AvgIpc) is 3.10. The van der Waals surface area contributed by atoms with Gasteiger partial charge in [-0.25, -0.2) is 4.39 Å². The molecule has 0 bridgehead atoms. The summed E-state index contributed by atoms with van der Waals surface area (Å²) in [6.45, 7) is 2.61. The van der Waals surface area contributed by atoms with E-state index >= 15 is 0 Å². The molecule has 124 valence electrons. The molecule has 3 heterocycles. The molecule has 0 saturated carbocycles. The number of H-pyrrole nitrogens is 1. The molecule has 1 aromatic carbocycles. The Bertz CT molecular complexity index is 963. The first-order valence-corrected chi connectivity index (χ1v) is 7.82. The maximum atomic E-state index is 13.3. The van der Waals surface area contributed by atoms with E-state index in [9.17, 15) is 9.18 Å². The topological polar surface area (TPSA) is 74.2 Å². The smallest absolute Gasteiger partial charge is 0.189 e. The van der Waals surface area contributed by atoms with Crippen molar-refractivity contribution in [1.82, 2.24) is 19.7 Å². The molecule has 0 amide bonds. The number of hydrogen-bond donors (Lipinski definition) is 2. The lowest BCUT2D eigenvalue weighted by molar-refractivity contribution is 0.249. The van der Waals surface area contributed by atoms with Crippen molar-refractivity contribution in [3.05, 3.63) is 63.5 Å². The van der Waals surface area contributed by atoms with Crippen molar-refractivity contribution in [2.24, 2.45) is 0 Å². The molecule has 1 aliphatic rings. The number of aromatic amines is 1. The Balaban J connectivity index is 1.57. The molecular weight excluding hydrogens is 311 g/mol. The van der Waals surface area contributed by atoms with E-state index in [0.29, 0.717) is 24.0 Å². The summed E-state index contributed by atoms with van der Waals surface area (Å²) in [4.78, 5) is 17.6. The van der Waals surface area contributed by atoms with E-state index in [-0.39, 0.29) is 12.0 Å². The molecule has 6 nitrogen and oxygen atoms in total. The number of nitrogens with zero attached hydrogens (tertiary/aromatic N) is 3. The van der Waals surface area contributed by atoms with E-state index in [0.717, 1.165) is 30.0 Å². The third-order valence-corrected chi connectivity index (χ3v) is 4.36. The Morgan fingerprint density at radius 2 is 2.17 bits per heavy atom. The van der Waals surface area contributed by atoms with Crippen LogP contribution < -0.4 is 5.43 Å². The van der Waals surface area contributed by atoms with Gasteiger partial charge >= 0.3 is 0 Å². The van der Waals surface area contributed by atoms with Crippen molar-refractivity contribution >= 4 is 10.9 Å². The third kappa shape index (κ3) is 2.61. The number of hydrogen-bond acceptors (Lipinski definition) is 4. The van der Waals surface area contributed by atoms with Gasteiger partial charge in [-0.1, -0.05) is 0 Å². The fraction of sp³-hybridized carbons (Fsp3) is 0.294. The minimum atomic E-state index is -0.413. The number of pyridine rings is 1. The van der Waals surface area contributed by atoms with Gasteiger partial charge in [-0.3, -0.25) is 14.4 Å². The van der Waals surface area contributed by atoms with Crippen LogP contribution in [0.15, 0.2) is 35.3 Å². The number of benzene rings is 1. The molecule has 2 N–H and O–H groups in total. The quantitative estimate of drug-likeness (QED) is 0.759. The summed E-state index contributed by atoms with van der Waals surface area (Å²) in [6, 6.07) is 5.72. The summed E-state index contributed by atoms with van der Waals surface area (Å²) >= 11 is 0. The molecule has 0 radical (unpaired) electrons. The van der Waals surface area contributed by atoms with Gasteiger partial charge in [0.1, 0.15) is 5.82 Å². The van der Waals surface area contributed by atoms with Crippen LogP contribution in [0.5, 0.6) is 0 Å². The maximum absolute atomic E-state index is 13.3. The van der Waals surface area contributed by atoms with Gasteiger partial charge in [0, 0.05) is 47.9 Å². The summed E-state index contributed by atoms with van der Waals surface area (Å²) in [6.07, 6.45) is 1.83. The first-order valence-electron chi connectivity index (χ1n) is 7.82. The number of aliphatic hydroxyl groups excluding tert-OH is 1. The highest BCUT2D eigenvalue weighted by atomic mass is 19.1. The van der Waals surface area contributed by atoms with Crippen molar-refractivity contribution in [2.45, 2.75) is 26.2 Å². The fourth-order valence-corrected chi connectivity index (χ4v) is 3.27. The Kier molecular flexibility index (Phi) is 3.66. The van der Waals surface area contributed by atoms with E-state index in [4.69, 9.17) is 5.11 Å². The average molecular weight is 328 g/mol. The number of halogens is 1. The standard InChI is InChI=1S/C17H17FN4O2/c18-12-1-2-15-14(5-12)17(24)6-13(20-15)9-21-8-11-7-19-22(3-4-23)16(11)10-21/h1-2,5-7,23H,3-4,8-10H2,(H,20,24). The second-order valence-electron chi connectivity index (χ2n) is 6.06. The monoisotopic (exact) mass is 328 g/mol. The van der Waals surface area contributed by atoms with E-state index in [2.05, 4.69) is 15.0 Å². The van der Waals surface area contributed by atoms with Gasteiger partial charge in [0.05, 0.1) is 25.0 Å². The predicted octanol–water partition coefficient (Wildman–Crippen LogP) is 1.37. The predicted molar refractivity (Wildman–Crippen MR) is 86.8 cm³/mol. The SMILES string of the molecule is O=c1cc(CN2Cc3cnn(CCO)c3C2)[nH]c2ccc(F)cc12. The summed E-state index contributed by atoms with van der Waals surface area (Å²) in [7, 11) is 0. The number of aliphatic hydroxyl groups is 1. The molecule has 3 aromatic rings. The van der Waals surface area contributed by atoms with Crippen molar-refractivity contribution in [2.75, 3.05) is 6.61 Å². The van der Waals surface area contributed by atoms with Crippen LogP contribution in [0.1, 0.15) is 17.0 Å². The van der Waals surface area contributed by atoms with Crippen LogP contribution in [0.3, 0.4) is 0 Å². The first kappa shape index (κ1) is 15.0. The Morgan fingerprint density at radius 3 is 3.00 bits per heavy atom. The highest BCUT2D eigenvalue weighted by molar-refractivity contribution is 5.78. The highest BCUT2D eigenvalue weighted by Crippen LogP contribution is 2.24. The number of nitrogens with one attached hydrogen (secondary N) is 1. The summed E-state index contributed by atoms with van der Waals surface area (Å²) < 4.78 is 15.1. The zero-order valence-electron chi connectivity index (χ0n) is 13.0. The Labute approximate surface area is 137 Å². The minimum absolute atomic E-state index is 0.0582. The molecule has 2 aromatic heterocycles. The fourth-order valence-electron chi connectivity index (χ4n) is 3.27. The van der Waals surface area contributed by atoms with Crippen molar-refractivity contribution < 1.29 is 9.50 Å². The lowest BCUT2D eigenvalue weighted by Crippen LogP contribution is -2.20. The molecular formula is C17H17FN4O2. The van der Waals surface area contributed by atoms with Crippen LogP contribution in [-0.4, -0.2) is 31.4 Å². The molecule has 1 aliphatic heterocycles. The summed E-state index contributed by atoms with van der Waals surface area (Å²) in [5.74, 6) is -0.413. The van der Waals surface area contributed by atoms with Gasteiger partial charge in [0.15, 0.2) is 5.43 Å². The van der Waals surface area contributed by atoms with Crippen LogP contribution in [0.2, 0.25) is 0 Å². The molecule has 0 aliphatic carbocycles. The Hall–Kier alpha value is -2.51. The largest absolute Gasteiger partial charge is 0.394 e. The van der Waals surface area contributed by atoms with Crippen LogP contribution in [0, 0.1) is 5.82 Å². The molecule has 0 unspecified atom stereocenters. The van der Waals surface area contributed by atoms with Gasteiger partial charge in [-0.05, 0) is 18.2 Å². The van der Waals surface area contributed by atoms with Gasteiger partial charge in [-0.2, -0.15) is 5.10 Å².